The molecule has 1 saturated heterocycles. The van der Waals surface area contributed by atoms with Gasteiger partial charge in [0, 0.05) is 38.0 Å². The maximum absolute atomic E-state index is 13.6. The summed E-state index contributed by atoms with van der Waals surface area (Å²) in [5.74, 6) is 0.747. The number of rotatable bonds is 8. The Morgan fingerprint density at radius 1 is 1.13 bits per heavy atom. The van der Waals surface area contributed by atoms with Gasteiger partial charge in [0.25, 0.3) is 0 Å². The van der Waals surface area contributed by atoms with Crippen LogP contribution in [0.2, 0.25) is 0 Å². The van der Waals surface area contributed by atoms with E-state index in [4.69, 9.17) is 4.99 Å². The molecule has 0 spiro atoms. The quantitative estimate of drug-likeness (QED) is 0.498. The maximum atomic E-state index is 13.6. The number of guanidine groups is 1. The molecule has 2 aromatic carbocycles. The summed E-state index contributed by atoms with van der Waals surface area (Å²) in [4.78, 5) is 18.5. The van der Waals surface area contributed by atoms with Gasteiger partial charge in [-0.15, -0.1) is 0 Å². The molecule has 6 heteroatoms. The number of amides is 1. The molecule has 0 unspecified atom stereocenters. The van der Waals surface area contributed by atoms with Crippen molar-refractivity contribution < 1.29 is 9.18 Å². The Kier molecular flexibility index (Phi) is 7.66. The molecule has 166 valence electrons. The molecule has 0 bridgehead atoms. The summed E-state index contributed by atoms with van der Waals surface area (Å²) < 4.78 is 13.6. The van der Waals surface area contributed by atoms with E-state index in [0.29, 0.717) is 26.1 Å². The molecule has 1 fully saturated rings. The van der Waals surface area contributed by atoms with Crippen molar-refractivity contribution >= 4 is 11.9 Å². The van der Waals surface area contributed by atoms with Crippen LogP contribution in [0.4, 0.5) is 4.39 Å². The molecule has 1 aliphatic heterocycles. The number of carbonyl (C=O) groups is 1. The lowest BCUT2D eigenvalue weighted by Gasteiger charge is -2.27. The van der Waals surface area contributed by atoms with Crippen molar-refractivity contribution in [2.24, 2.45) is 4.99 Å². The van der Waals surface area contributed by atoms with Crippen LogP contribution in [0.15, 0.2) is 53.5 Å². The Bertz CT molecular complexity index is 925. The molecule has 1 heterocycles. The van der Waals surface area contributed by atoms with E-state index in [1.54, 1.807) is 12.1 Å². The van der Waals surface area contributed by atoms with Crippen LogP contribution in [0.1, 0.15) is 50.3 Å². The van der Waals surface area contributed by atoms with Crippen molar-refractivity contribution in [2.75, 3.05) is 19.6 Å². The second-order valence-electron chi connectivity index (χ2n) is 8.68. The molecule has 2 aromatic rings. The fourth-order valence-corrected chi connectivity index (χ4v) is 3.75. The minimum absolute atomic E-state index is 0.221. The van der Waals surface area contributed by atoms with Gasteiger partial charge in [-0.2, -0.15) is 0 Å². The van der Waals surface area contributed by atoms with Crippen LogP contribution in [-0.4, -0.2) is 36.4 Å². The van der Waals surface area contributed by atoms with E-state index in [0.717, 1.165) is 42.2 Å². The van der Waals surface area contributed by atoms with Gasteiger partial charge >= 0.3 is 0 Å². The van der Waals surface area contributed by atoms with Gasteiger partial charge in [0.2, 0.25) is 5.91 Å². The topological polar surface area (TPSA) is 56.7 Å². The summed E-state index contributed by atoms with van der Waals surface area (Å²) in [6.45, 7) is 9.62. The zero-order valence-electron chi connectivity index (χ0n) is 18.7. The van der Waals surface area contributed by atoms with Gasteiger partial charge in [-0.05, 0) is 42.2 Å². The molecule has 0 radical (unpaired) electrons. The van der Waals surface area contributed by atoms with Crippen LogP contribution in [-0.2, 0) is 23.3 Å². The van der Waals surface area contributed by atoms with Gasteiger partial charge in [-0.25, -0.2) is 9.38 Å². The molecule has 0 aromatic heterocycles. The first-order valence-corrected chi connectivity index (χ1v) is 11.0. The summed E-state index contributed by atoms with van der Waals surface area (Å²) >= 11 is 0. The molecule has 0 saturated carbocycles. The summed E-state index contributed by atoms with van der Waals surface area (Å²) in [5, 5.41) is 6.67. The average molecular weight is 425 g/mol. The highest BCUT2D eigenvalue weighted by Crippen LogP contribution is 2.23. The number of aliphatic imine (C=N–C) groups is 1. The molecule has 31 heavy (non-hydrogen) atoms. The van der Waals surface area contributed by atoms with Gasteiger partial charge in [0.15, 0.2) is 5.96 Å². The normalized spacial score (nSPS) is 14.8. The number of likely N-dealkylation sites (tertiary alicyclic amines) is 1. The molecular weight excluding hydrogens is 391 g/mol. The number of benzene rings is 2. The minimum Gasteiger partial charge on any atom is -0.357 e. The lowest BCUT2D eigenvalue weighted by molar-refractivity contribution is -0.128. The summed E-state index contributed by atoms with van der Waals surface area (Å²) in [6.07, 6.45) is 1.61. The molecule has 2 N–H and O–H groups in total. The second-order valence-corrected chi connectivity index (χ2v) is 8.68. The highest BCUT2D eigenvalue weighted by Gasteiger charge is 2.22. The lowest BCUT2D eigenvalue weighted by Crippen LogP contribution is -2.43. The van der Waals surface area contributed by atoms with Crippen LogP contribution >= 0.6 is 0 Å². The Morgan fingerprint density at radius 3 is 2.61 bits per heavy atom. The first-order valence-electron chi connectivity index (χ1n) is 11.0. The SMILES string of the molecule is CCNC(=NCc1cccc(CN2CCCC2=O)c1)NCC(C)(C)c1cccc(F)c1. The number of halogens is 1. The monoisotopic (exact) mass is 424 g/mol. The van der Waals surface area contributed by atoms with Gasteiger partial charge in [0.1, 0.15) is 5.82 Å². The van der Waals surface area contributed by atoms with E-state index in [1.807, 2.05) is 24.0 Å². The second kappa shape index (κ2) is 10.4. The maximum Gasteiger partial charge on any atom is 0.222 e. The lowest BCUT2D eigenvalue weighted by atomic mass is 9.84. The summed E-state index contributed by atoms with van der Waals surface area (Å²) in [7, 11) is 0. The van der Waals surface area contributed by atoms with Crippen LogP contribution in [0.5, 0.6) is 0 Å². The molecule has 3 rings (SSSR count). The highest BCUT2D eigenvalue weighted by molar-refractivity contribution is 5.80. The van der Waals surface area contributed by atoms with Crippen LogP contribution in [0.25, 0.3) is 0 Å². The van der Waals surface area contributed by atoms with E-state index >= 15 is 0 Å². The number of nitrogens with one attached hydrogen (secondary N) is 2. The highest BCUT2D eigenvalue weighted by atomic mass is 19.1. The van der Waals surface area contributed by atoms with Crippen molar-refractivity contribution in [3.8, 4) is 0 Å². The van der Waals surface area contributed by atoms with Crippen molar-refractivity contribution in [1.29, 1.82) is 0 Å². The van der Waals surface area contributed by atoms with Crippen LogP contribution in [0.3, 0.4) is 0 Å². The van der Waals surface area contributed by atoms with Crippen LogP contribution in [0, 0.1) is 5.82 Å². The fourth-order valence-electron chi connectivity index (χ4n) is 3.75. The van der Waals surface area contributed by atoms with Gasteiger partial charge in [-0.1, -0.05) is 50.2 Å². The standard InChI is InChI=1S/C25H33FN4O/c1-4-27-24(29-18-25(2,3)21-10-6-11-22(26)15-21)28-16-19-8-5-9-20(14-19)17-30-13-7-12-23(30)31/h5-6,8-11,14-15H,4,7,12-13,16-18H2,1-3H3,(H2,27,28,29). The smallest absolute Gasteiger partial charge is 0.222 e. The van der Waals surface area contributed by atoms with Gasteiger partial charge in [0.05, 0.1) is 6.54 Å². The third-order valence-electron chi connectivity index (χ3n) is 5.60. The summed E-state index contributed by atoms with van der Waals surface area (Å²) in [5.41, 5.74) is 2.93. The van der Waals surface area contributed by atoms with E-state index in [1.165, 1.54) is 6.07 Å². The number of carbonyl (C=O) groups excluding carboxylic acids is 1. The number of hydrogen-bond acceptors (Lipinski definition) is 2. The molecule has 5 nitrogen and oxygen atoms in total. The van der Waals surface area contributed by atoms with E-state index in [-0.39, 0.29) is 17.1 Å². The minimum atomic E-state index is -0.250. The first-order chi connectivity index (χ1) is 14.9. The van der Waals surface area contributed by atoms with E-state index < -0.39 is 0 Å². The van der Waals surface area contributed by atoms with E-state index in [2.05, 4.69) is 42.7 Å². The molecule has 0 aliphatic carbocycles. The number of nitrogens with zero attached hydrogens (tertiary/aromatic N) is 2. The predicted octanol–water partition coefficient (Wildman–Crippen LogP) is 3.98. The van der Waals surface area contributed by atoms with E-state index in [9.17, 15) is 9.18 Å². The summed E-state index contributed by atoms with van der Waals surface area (Å²) in [6, 6.07) is 15.0. The number of hydrogen-bond donors (Lipinski definition) is 2. The molecule has 1 aliphatic rings. The van der Waals surface area contributed by atoms with Gasteiger partial charge in [-0.3, -0.25) is 4.79 Å². The zero-order chi connectivity index (χ0) is 22.3. The van der Waals surface area contributed by atoms with Crippen molar-refractivity contribution in [3.63, 3.8) is 0 Å². The predicted molar refractivity (Wildman–Crippen MR) is 123 cm³/mol. The Morgan fingerprint density at radius 2 is 1.90 bits per heavy atom. The Balaban J connectivity index is 1.63. The van der Waals surface area contributed by atoms with Crippen LogP contribution < -0.4 is 10.6 Å². The Labute approximate surface area is 184 Å². The zero-order valence-corrected chi connectivity index (χ0v) is 18.7. The third-order valence-corrected chi connectivity index (χ3v) is 5.60. The van der Waals surface area contributed by atoms with Crippen molar-refractivity contribution in [2.45, 2.75) is 52.1 Å². The van der Waals surface area contributed by atoms with Gasteiger partial charge < -0.3 is 15.5 Å². The van der Waals surface area contributed by atoms with Crippen molar-refractivity contribution in [1.82, 2.24) is 15.5 Å². The first kappa shape index (κ1) is 22.8. The molecular formula is C25H33FN4O. The Hall–Kier alpha value is -2.89. The third kappa shape index (κ3) is 6.54. The average Bonchev–Trinajstić information content (AvgIpc) is 3.15. The molecule has 1 amide bonds. The largest absolute Gasteiger partial charge is 0.357 e. The van der Waals surface area contributed by atoms with Crippen molar-refractivity contribution in [3.05, 3.63) is 71.0 Å². The molecule has 0 atom stereocenters. The fraction of sp³-hybridized carbons (Fsp3) is 0.440.